The molecule has 5 nitrogen and oxygen atoms in total. The van der Waals surface area contributed by atoms with Crippen LogP contribution in [0.15, 0.2) is 24.3 Å². The van der Waals surface area contributed by atoms with Gasteiger partial charge < -0.3 is 14.6 Å². The average molecular weight is 341 g/mol. The van der Waals surface area contributed by atoms with Crippen LogP contribution in [0.4, 0.5) is 13.2 Å². The molecule has 130 valence electrons. The topological polar surface area (TPSA) is 56.2 Å². The van der Waals surface area contributed by atoms with Crippen molar-refractivity contribution in [1.29, 1.82) is 0 Å². The maximum Gasteiger partial charge on any atom is 0.449 e. The summed E-state index contributed by atoms with van der Waals surface area (Å²) in [5.74, 6) is -1.56. The molecular formula is C16H18F3N3O2. The number of amides is 1. The molecule has 0 radical (unpaired) electrons. The summed E-state index contributed by atoms with van der Waals surface area (Å²) in [5.41, 5.74) is 0.495. The second-order valence-electron chi connectivity index (χ2n) is 5.92. The van der Waals surface area contributed by atoms with E-state index in [9.17, 15) is 18.0 Å². The second kappa shape index (κ2) is 6.43. The van der Waals surface area contributed by atoms with Crippen molar-refractivity contribution in [3.63, 3.8) is 0 Å². The maximum atomic E-state index is 13.2. The van der Waals surface area contributed by atoms with Gasteiger partial charge in [0.15, 0.2) is 0 Å². The van der Waals surface area contributed by atoms with Crippen LogP contribution >= 0.6 is 0 Å². The van der Waals surface area contributed by atoms with E-state index in [1.807, 2.05) is 0 Å². The van der Waals surface area contributed by atoms with Crippen molar-refractivity contribution in [2.75, 3.05) is 6.61 Å². The first-order valence-electron chi connectivity index (χ1n) is 7.79. The Labute approximate surface area is 136 Å². The van der Waals surface area contributed by atoms with Crippen LogP contribution < -0.4 is 5.32 Å². The van der Waals surface area contributed by atoms with Crippen molar-refractivity contribution >= 4 is 16.9 Å². The van der Waals surface area contributed by atoms with Crippen LogP contribution in [-0.4, -0.2) is 34.2 Å². The lowest BCUT2D eigenvalue weighted by Crippen LogP contribution is -2.42. The molecule has 1 aromatic heterocycles. The van der Waals surface area contributed by atoms with E-state index in [4.69, 9.17) is 4.74 Å². The van der Waals surface area contributed by atoms with E-state index in [0.717, 1.165) is 17.4 Å². The molecule has 24 heavy (non-hydrogen) atoms. The molecule has 2 aromatic rings. The summed E-state index contributed by atoms with van der Waals surface area (Å²) in [4.78, 5) is 15.8. The molecular weight excluding hydrogens is 323 g/mol. The Morgan fingerprint density at radius 3 is 2.88 bits per heavy atom. The lowest BCUT2D eigenvalue weighted by molar-refractivity contribution is -0.147. The summed E-state index contributed by atoms with van der Waals surface area (Å²) < 4.78 is 46.0. The first-order chi connectivity index (χ1) is 11.4. The smallest absolute Gasteiger partial charge is 0.376 e. The van der Waals surface area contributed by atoms with Crippen LogP contribution in [-0.2, 0) is 22.3 Å². The van der Waals surface area contributed by atoms with Gasteiger partial charge in [-0.2, -0.15) is 13.2 Å². The molecule has 2 atom stereocenters. The molecule has 1 aliphatic rings. The molecule has 0 saturated carbocycles. The molecule has 1 aliphatic heterocycles. The largest absolute Gasteiger partial charge is 0.449 e. The number of nitrogens with zero attached hydrogens (tertiary/aromatic N) is 2. The highest BCUT2D eigenvalue weighted by molar-refractivity contribution is 5.81. The van der Waals surface area contributed by atoms with E-state index in [1.165, 1.54) is 12.1 Å². The number of halogens is 3. The lowest BCUT2D eigenvalue weighted by atomic mass is 10.1. The van der Waals surface area contributed by atoms with E-state index in [0.29, 0.717) is 6.61 Å². The number of hydrogen-bond acceptors (Lipinski definition) is 3. The predicted molar refractivity (Wildman–Crippen MR) is 81.3 cm³/mol. The standard InChI is InChI=1S/C16H18F3N3O2/c1-10(13-7-4-8-24-13)20-14(23)9-22-12-6-3-2-5-11(12)21-15(22)16(17,18)19/h2-3,5-6,10,13H,4,7-9H2,1H3,(H,20,23)/t10-,13-/m0/s1. The Morgan fingerprint density at radius 1 is 1.46 bits per heavy atom. The van der Waals surface area contributed by atoms with Crippen LogP contribution in [0.2, 0.25) is 0 Å². The number of carbonyl (C=O) groups excluding carboxylic acids is 1. The van der Waals surface area contributed by atoms with E-state index >= 15 is 0 Å². The third-order valence-corrected chi connectivity index (χ3v) is 4.12. The summed E-state index contributed by atoms with van der Waals surface area (Å²) in [6.07, 6.45) is -2.95. The molecule has 2 heterocycles. The minimum Gasteiger partial charge on any atom is -0.376 e. The van der Waals surface area contributed by atoms with Gasteiger partial charge in [-0.25, -0.2) is 4.98 Å². The number of benzene rings is 1. The van der Waals surface area contributed by atoms with Gasteiger partial charge in [0.1, 0.15) is 6.54 Å². The number of alkyl halides is 3. The Kier molecular flexibility index (Phi) is 4.49. The maximum absolute atomic E-state index is 13.2. The van der Waals surface area contributed by atoms with Gasteiger partial charge in [-0.15, -0.1) is 0 Å². The Morgan fingerprint density at radius 2 is 2.21 bits per heavy atom. The molecule has 1 fully saturated rings. The van der Waals surface area contributed by atoms with Gasteiger partial charge in [-0.05, 0) is 31.9 Å². The molecule has 0 bridgehead atoms. The molecule has 1 aromatic carbocycles. The fourth-order valence-electron chi connectivity index (χ4n) is 2.98. The minimum absolute atomic E-state index is 0.0874. The van der Waals surface area contributed by atoms with Crippen molar-refractivity contribution in [1.82, 2.24) is 14.9 Å². The molecule has 0 spiro atoms. The van der Waals surface area contributed by atoms with E-state index in [-0.39, 0.29) is 23.2 Å². The molecule has 0 unspecified atom stereocenters. The van der Waals surface area contributed by atoms with Crippen LogP contribution in [0.5, 0.6) is 0 Å². The molecule has 8 heteroatoms. The van der Waals surface area contributed by atoms with Crippen LogP contribution in [0.3, 0.4) is 0 Å². The summed E-state index contributed by atoms with van der Waals surface area (Å²) >= 11 is 0. The number of hydrogen-bond donors (Lipinski definition) is 1. The number of nitrogens with one attached hydrogen (secondary N) is 1. The highest BCUT2D eigenvalue weighted by Gasteiger charge is 2.38. The molecule has 1 saturated heterocycles. The zero-order chi connectivity index (χ0) is 17.3. The lowest BCUT2D eigenvalue weighted by Gasteiger charge is -2.20. The van der Waals surface area contributed by atoms with Crippen molar-refractivity contribution < 1.29 is 22.7 Å². The summed E-state index contributed by atoms with van der Waals surface area (Å²) in [6, 6.07) is 6.00. The molecule has 0 aliphatic carbocycles. The number of aromatic nitrogens is 2. The normalized spacial score (nSPS) is 19.6. The Bertz CT molecular complexity index is 736. The number of carbonyl (C=O) groups is 1. The average Bonchev–Trinajstić information content (AvgIpc) is 3.15. The van der Waals surface area contributed by atoms with Crippen LogP contribution in [0.25, 0.3) is 11.0 Å². The van der Waals surface area contributed by atoms with Gasteiger partial charge in [0.05, 0.1) is 23.2 Å². The van der Waals surface area contributed by atoms with Crippen molar-refractivity contribution in [2.45, 2.75) is 44.6 Å². The number of ether oxygens (including phenoxy) is 1. The number of para-hydroxylation sites is 2. The molecule has 1 N–H and O–H groups in total. The molecule has 3 rings (SSSR count). The number of fused-ring (bicyclic) bond motifs is 1. The first-order valence-corrected chi connectivity index (χ1v) is 7.79. The quantitative estimate of drug-likeness (QED) is 0.930. The fraction of sp³-hybridized carbons (Fsp3) is 0.500. The highest BCUT2D eigenvalue weighted by Crippen LogP contribution is 2.31. The third kappa shape index (κ3) is 3.38. The summed E-state index contributed by atoms with van der Waals surface area (Å²) in [5, 5.41) is 2.72. The Balaban J connectivity index is 1.82. The van der Waals surface area contributed by atoms with E-state index in [1.54, 1.807) is 19.1 Å². The van der Waals surface area contributed by atoms with Crippen molar-refractivity contribution in [3.05, 3.63) is 30.1 Å². The zero-order valence-electron chi connectivity index (χ0n) is 13.1. The fourth-order valence-corrected chi connectivity index (χ4v) is 2.98. The van der Waals surface area contributed by atoms with Crippen molar-refractivity contribution in [2.24, 2.45) is 0 Å². The summed E-state index contributed by atoms with van der Waals surface area (Å²) in [7, 11) is 0. The predicted octanol–water partition coefficient (Wildman–Crippen LogP) is 2.74. The van der Waals surface area contributed by atoms with Gasteiger partial charge in [0.25, 0.3) is 0 Å². The van der Waals surface area contributed by atoms with Gasteiger partial charge in [0, 0.05) is 6.61 Å². The molecule has 1 amide bonds. The number of imidazole rings is 1. The second-order valence-corrected chi connectivity index (χ2v) is 5.92. The summed E-state index contributed by atoms with van der Waals surface area (Å²) in [6.45, 7) is 2.01. The van der Waals surface area contributed by atoms with Crippen LogP contribution in [0.1, 0.15) is 25.6 Å². The number of rotatable bonds is 4. The minimum atomic E-state index is -4.63. The van der Waals surface area contributed by atoms with Gasteiger partial charge in [-0.1, -0.05) is 12.1 Å². The Hall–Kier alpha value is -2.09. The van der Waals surface area contributed by atoms with E-state index in [2.05, 4.69) is 10.3 Å². The van der Waals surface area contributed by atoms with Gasteiger partial charge in [0.2, 0.25) is 11.7 Å². The van der Waals surface area contributed by atoms with E-state index < -0.39 is 24.5 Å². The van der Waals surface area contributed by atoms with Gasteiger partial charge >= 0.3 is 6.18 Å². The first kappa shape index (κ1) is 16.8. The van der Waals surface area contributed by atoms with Gasteiger partial charge in [-0.3, -0.25) is 4.79 Å². The SMILES string of the molecule is C[C@H](NC(=O)Cn1c(C(F)(F)F)nc2ccccc21)[C@@H]1CCCO1. The van der Waals surface area contributed by atoms with Crippen LogP contribution in [0, 0.1) is 0 Å². The highest BCUT2D eigenvalue weighted by atomic mass is 19.4. The van der Waals surface area contributed by atoms with Crippen molar-refractivity contribution in [3.8, 4) is 0 Å². The zero-order valence-corrected chi connectivity index (χ0v) is 13.1. The monoisotopic (exact) mass is 341 g/mol. The third-order valence-electron chi connectivity index (χ3n) is 4.12.